The van der Waals surface area contributed by atoms with Crippen LogP contribution in [0.15, 0.2) is 12.3 Å². The maximum absolute atomic E-state index is 10.7. The zero-order valence-corrected chi connectivity index (χ0v) is 10.8. The summed E-state index contributed by atoms with van der Waals surface area (Å²) in [6.07, 6.45) is 6.48. The number of nitrogens with one attached hydrogen (secondary N) is 1. The number of hydrogen-bond donors (Lipinski definition) is 1. The van der Waals surface area contributed by atoms with Crippen molar-refractivity contribution in [1.82, 2.24) is 4.98 Å². The third kappa shape index (κ3) is 2.78. The van der Waals surface area contributed by atoms with E-state index in [9.17, 15) is 10.1 Å². The van der Waals surface area contributed by atoms with Crippen molar-refractivity contribution >= 4 is 11.5 Å². The molecule has 1 N–H and O–H groups in total. The second kappa shape index (κ2) is 5.33. The Kier molecular flexibility index (Phi) is 3.79. The van der Waals surface area contributed by atoms with Crippen molar-refractivity contribution in [3.8, 4) is 0 Å². The Labute approximate surface area is 107 Å². The smallest absolute Gasteiger partial charge is 0.290 e. The number of anilines is 1. The van der Waals surface area contributed by atoms with Crippen LogP contribution in [0.4, 0.5) is 11.5 Å². The largest absolute Gasteiger partial charge is 0.367 e. The second-order valence-electron chi connectivity index (χ2n) is 5.09. The lowest BCUT2D eigenvalue weighted by Crippen LogP contribution is -2.24. The minimum atomic E-state index is -0.396. The molecule has 1 aliphatic carbocycles. The number of hydrogen-bond acceptors (Lipinski definition) is 4. The van der Waals surface area contributed by atoms with Gasteiger partial charge in [-0.2, -0.15) is 0 Å². The summed E-state index contributed by atoms with van der Waals surface area (Å²) >= 11 is 0. The standard InChI is InChI=1S/C13H19N3O2/c1-9-7-13(14-8-12(9)16(17)18)15-10(2)11-5-3-4-6-11/h7-8,10-11H,3-6H2,1-2H3,(H,14,15). The summed E-state index contributed by atoms with van der Waals surface area (Å²) in [5.41, 5.74) is 0.727. The maximum Gasteiger partial charge on any atom is 0.290 e. The summed E-state index contributed by atoms with van der Waals surface area (Å²) < 4.78 is 0. The van der Waals surface area contributed by atoms with Crippen LogP contribution in [0.1, 0.15) is 38.2 Å². The van der Waals surface area contributed by atoms with Gasteiger partial charge in [0, 0.05) is 11.6 Å². The summed E-state index contributed by atoms with van der Waals surface area (Å²) in [7, 11) is 0. The molecule has 1 heterocycles. The molecule has 1 fully saturated rings. The first-order valence-electron chi connectivity index (χ1n) is 6.45. The number of pyridine rings is 1. The molecule has 0 spiro atoms. The predicted molar refractivity (Wildman–Crippen MR) is 70.7 cm³/mol. The van der Waals surface area contributed by atoms with Gasteiger partial charge in [-0.15, -0.1) is 0 Å². The molecule has 0 aromatic carbocycles. The molecule has 1 aliphatic rings. The maximum atomic E-state index is 10.7. The van der Waals surface area contributed by atoms with E-state index in [1.54, 1.807) is 13.0 Å². The molecule has 18 heavy (non-hydrogen) atoms. The van der Waals surface area contributed by atoms with Crippen molar-refractivity contribution in [2.75, 3.05) is 5.32 Å². The molecule has 0 amide bonds. The van der Waals surface area contributed by atoms with Crippen molar-refractivity contribution in [1.29, 1.82) is 0 Å². The van der Waals surface area contributed by atoms with Crippen molar-refractivity contribution in [3.05, 3.63) is 27.9 Å². The molecule has 1 saturated carbocycles. The van der Waals surface area contributed by atoms with Crippen LogP contribution in [0.3, 0.4) is 0 Å². The Hall–Kier alpha value is -1.65. The zero-order valence-electron chi connectivity index (χ0n) is 10.8. The van der Waals surface area contributed by atoms with Gasteiger partial charge >= 0.3 is 0 Å². The van der Waals surface area contributed by atoms with Gasteiger partial charge in [-0.1, -0.05) is 12.8 Å². The highest BCUT2D eigenvalue weighted by atomic mass is 16.6. The fourth-order valence-corrected chi connectivity index (χ4v) is 2.63. The van der Waals surface area contributed by atoms with Gasteiger partial charge in [0.15, 0.2) is 0 Å². The summed E-state index contributed by atoms with van der Waals surface area (Å²) in [5.74, 6) is 1.43. The van der Waals surface area contributed by atoms with Crippen molar-refractivity contribution in [3.63, 3.8) is 0 Å². The summed E-state index contributed by atoms with van der Waals surface area (Å²) in [4.78, 5) is 14.4. The van der Waals surface area contributed by atoms with Gasteiger partial charge < -0.3 is 5.32 Å². The summed E-state index contributed by atoms with van der Waals surface area (Å²) in [6, 6.07) is 2.13. The lowest BCUT2D eigenvalue weighted by molar-refractivity contribution is -0.385. The number of aromatic nitrogens is 1. The molecule has 1 atom stereocenters. The molecule has 1 unspecified atom stereocenters. The third-order valence-corrected chi connectivity index (χ3v) is 3.76. The van der Waals surface area contributed by atoms with E-state index in [0.717, 1.165) is 5.82 Å². The van der Waals surface area contributed by atoms with E-state index in [0.29, 0.717) is 17.5 Å². The molecular weight excluding hydrogens is 230 g/mol. The fraction of sp³-hybridized carbons (Fsp3) is 0.615. The first-order chi connectivity index (χ1) is 8.58. The molecule has 5 heteroatoms. The topological polar surface area (TPSA) is 68.1 Å². The Morgan fingerprint density at radius 3 is 2.72 bits per heavy atom. The lowest BCUT2D eigenvalue weighted by atomic mass is 10.00. The van der Waals surface area contributed by atoms with Crippen LogP contribution < -0.4 is 5.32 Å². The Balaban J connectivity index is 2.05. The van der Waals surface area contributed by atoms with E-state index < -0.39 is 4.92 Å². The van der Waals surface area contributed by atoms with Crippen LogP contribution in [0.5, 0.6) is 0 Å². The highest BCUT2D eigenvalue weighted by Gasteiger charge is 2.22. The molecule has 1 aromatic rings. The van der Waals surface area contributed by atoms with Crippen LogP contribution in [0.25, 0.3) is 0 Å². The molecule has 98 valence electrons. The number of nitro groups is 1. The van der Waals surface area contributed by atoms with E-state index in [1.165, 1.54) is 31.9 Å². The first kappa shape index (κ1) is 12.8. The molecule has 0 radical (unpaired) electrons. The quantitative estimate of drug-likeness (QED) is 0.656. The zero-order chi connectivity index (χ0) is 13.1. The van der Waals surface area contributed by atoms with Gasteiger partial charge in [0.25, 0.3) is 5.69 Å². The summed E-state index contributed by atoms with van der Waals surface area (Å²) in [5, 5.41) is 14.1. The number of aryl methyl sites for hydroxylation is 1. The van der Waals surface area contributed by atoms with Gasteiger partial charge in [-0.25, -0.2) is 4.98 Å². The van der Waals surface area contributed by atoms with Gasteiger partial charge in [0.1, 0.15) is 12.0 Å². The first-order valence-corrected chi connectivity index (χ1v) is 6.45. The Bertz CT molecular complexity index is 442. The molecule has 2 rings (SSSR count). The molecule has 5 nitrogen and oxygen atoms in total. The highest BCUT2D eigenvalue weighted by Crippen LogP contribution is 2.29. The predicted octanol–water partition coefficient (Wildman–Crippen LogP) is 3.29. The Morgan fingerprint density at radius 1 is 1.50 bits per heavy atom. The van der Waals surface area contributed by atoms with Crippen LogP contribution in [-0.2, 0) is 0 Å². The van der Waals surface area contributed by atoms with Crippen LogP contribution >= 0.6 is 0 Å². The van der Waals surface area contributed by atoms with Gasteiger partial charge in [-0.3, -0.25) is 10.1 Å². The molecule has 0 bridgehead atoms. The average molecular weight is 249 g/mol. The van der Waals surface area contributed by atoms with E-state index in [1.807, 2.05) is 0 Å². The fourth-order valence-electron chi connectivity index (χ4n) is 2.63. The van der Waals surface area contributed by atoms with Crippen LogP contribution in [0, 0.1) is 23.0 Å². The lowest BCUT2D eigenvalue weighted by Gasteiger charge is -2.20. The van der Waals surface area contributed by atoms with Crippen LogP contribution in [0.2, 0.25) is 0 Å². The monoisotopic (exact) mass is 249 g/mol. The Morgan fingerprint density at radius 2 is 2.17 bits per heavy atom. The minimum Gasteiger partial charge on any atom is -0.367 e. The molecular formula is C13H19N3O2. The third-order valence-electron chi connectivity index (χ3n) is 3.76. The van der Waals surface area contributed by atoms with Gasteiger partial charge in [-0.05, 0) is 38.7 Å². The van der Waals surface area contributed by atoms with E-state index in [-0.39, 0.29) is 5.69 Å². The van der Waals surface area contributed by atoms with E-state index in [2.05, 4.69) is 17.2 Å². The summed E-state index contributed by atoms with van der Waals surface area (Å²) in [6.45, 7) is 3.90. The highest BCUT2D eigenvalue weighted by molar-refractivity contribution is 5.47. The molecule has 1 aromatic heterocycles. The normalized spacial score (nSPS) is 17.7. The van der Waals surface area contributed by atoms with Gasteiger partial charge in [0.05, 0.1) is 4.92 Å². The molecule has 0 saturated heterocycles. The van der Waals surface area contributed by atoms with E-state index in [4.69, 9.17) is 0 Å². The van der Waals surface area contributed by atoms with Crippen molar-refractivity contribution in [2.45, 2.75) is 45.6 Å². The minimum absolute atomic E-state index is 0.0778. The van der Waals surface area contributed by atoms with Crippen molar-refractivity contribution < 1.29 is 4.92 Å². The van der Waals surface area contributed by atoms with Crippen molar-refractivity contribution in [2.24, 2.45) is 5.92 Å². The number of rotatable bonds is 4. The second-order valence-corrected chi connectivity index (χ2v) is 5.09. The SMILES string of the molecule is Cc1cc(NC(C)C2CCCC2)ncc1[N+](=O)[O-]. The van der Waals surface area contributed by atoms with Crippen LogP contribution in [-0.4, -0.2) is 15.9 Å². The van der Waals surface area contributed by atoms with E-state index >= 15 is 0 Å². The number of nitrogens with zero attached hydrogens (tertiary/aromatic N) is 2. The van der Waals surface area contributed by atoms with Gasteiger partial charge in [0.2, 0.25) is 0 Å². The average Bonchev–Trinajstić information content (AvgIpc) is 2.81. The molecule has 0 aliphatic heterocycles.